The van der Waals surface area contributed by atoms with E-state index in [1.807, 2.05) is 24.3 Å². The van der Waals surface area contributed by atoms with Crippen molar-refractivity contribution in [3.8, 4) is 5.75 Å². The molecule has 24 heavy (non-hydrogen) atoms. The molecular weight excluding hydrogens is 314 g/mol. The molecule has 1 aliphatic rings. The fourth-order valence-corrected chi connectivity index (χ4v) is 2.98. The van der Waals surface area contributed by atoms with Crippen LogP contribution in [0.3, 0.4) is 0 Å². The number of rotatable bonds is 3. The van der Waals surface area contributed by atoms with Crippen LogP contribution in [-0.2, 0) is 0 Å². The van der Waals surface area contributed by atoms with Crippen molar-refractivity contribution >= 4 is 5.91 Å². The van der Waals surface area contributed by atoms with Gasteiger partial charge in [0.25, 0.3) is 5.91 Å². The molecule has 0 bridgehead atoms. The number of carbonyl (C=O) groups is 1. The Kier molecular flexibility index (Phi) is 4.76. The summed E-state index contributed by atoms with van der Waals surface area (Å²) in [4.78, 5) is 14.4. The first kappa shape index (κ1) is 16.4. The minimum atomic E-state index is -0.723. The molecule has 1 saturated heterocycles. The zero-order valence-electron chi connectivity index (χ0n) is 13.3. The number of amides is 1. The number of halogens is 2. The second-order valence-corrected chi connectivity index (χ2v) is 5.58. The highest BCUT2D eigenvalue weighted by Gasteiger charge is 2.31. The minimum Gasteiger partial charge on any atom is -0.496 e. The first-order valence-electron chi connectivity index (χ1n) is 7.71. The molecule has 1 amide bonds. The molecule has 126 valence electrons. The van der Waals surface area contributed by atoms with E-state index in [0.29, 0.717) is 25.4 Å². The predicted octanol–water partition coefficient (Wildman–Crippen LogP) is 2.76. The molecule has 3 rings (SSSR count). The van der Waals surface area contributed by atoms with Gasteiger partial charge in [0.05, 0.1) is 18.7 Å². The van der Waals surface area contributed by atoms with Crippen LogP contribution in [-0.4, -0.2) is 37.6 Å². The number of nitrogens with zero attached hydrogens (tertiary/aromatic N) is 1. The van der Waals surface area contributed by atoms with Gasteiger partial charge in [-0.05, 0) is 24.3 Å². The topological polar surface area (TPSA) is 41.6 Å². The summed E-state index contributed by atoms with van der Waals surface area (Å²) in [7, 11) is 1.56. The first-order chi connectivity index (χ1) is 11.6. The molecule has 2 aromatic carbocycles. The van der Waals surface area contributed by atoms with Gasteiger partial charge in [-0.25, -0.2) is 8.78 Å². The highest BCUT2D eigenvalue weighted by Crippen LogP contribution is 2.31. The zero-order valence-corrected chi connectivity index (χ0v) is 13.3. The molecule has 6 heteroatoms. The maximum absolute atomic E-state index is 14.0. The Morgan fingerprint density at radius 2 is 2.04 bits per heavy atom. The lowest BCUT2D eigenvalue weighted by Gasteiger charge is -2.37. The van der Waals surface area contributed by atoms with E-state index in [9.17, 15) is 13.6 Å². The molecule has 0 spiro atoms. The molecule has 4 nitrogen and oxygen atoms in total. The van der Waals surface area contributed by atoms with Crippen molar-refractivity contribution in [2.75, 3.05) is 26.7 Å². The number of piperazine rings is 1. The van der Waals surface area contributed by atoms with Crippen molar-refractivity contribution in [1.82, 2.24) is 10.2 Å². The predicted molar refractivity (Wildman–Crippen MR) is 86.0 cm³/mol. The number of nitrogens with one attached hydrogen (secondary N) is 1. The fourth-order valence-electron chi connectivity index (χ4n) is 2.98. The van der Waals surface area contributed by atoms with Crippen LogP contribution in [0, 0.1) is 11.6 Å². The van der Waals surface area contributed by atoms with Crippen LogP contribution < -0.4 is 10.1 Å². The van der Waals surface area contributed by atoms with Crippen molar-refractivity contribution < 1.29 is 18.3 Å². The smallest absolute Gasteiger partial charge is 0.257 e. The standard InChI is InChI=1S/C18H18F2N2O2/c1-24-17-5-3-2-4-13(17)16-11-21-8-9-22(16)18(23)14-10-12(19)6-7-15(14)20/h2-7,10,16,21H,8-9,11H2,1H3. The van der Waals surface area contributed by atoms with Crippen LogP contribution in [0.15, 0.2) is 42.5 Å². The Labute approximate surface area is 139 Å². The molecule has 0 saturated carbocycles. The maximum atomic E-state index is 14.0. The molecule has 1 aliphatic heterocycles. The molecule has 0 aliphatic carbocycles. The Morgan fingerprint density at radius 3 is 2.83 bits per heavy atom. The van der Waals surface area contributed by atoms with Gasteiger partial charge in [-0.1, -0.05) is 18.2 Å². The van der Waals surface area contributed by atoms with Crippen LogP contribution in [0.2, 0.25) is 0 Å². The number of ether oxygens (including phenoxy) is 1. The van der Waals surface area contributed by atoms with Crippen molar-refractivity contribution in [2.24, 2.45) is 0 Å². The lowest BCUT2D eigenvalue weighted by molar-refractivity contribution is 0.0626. The third kappa shape index (κ3) is 3.10. The van der Waals surface area contributed by atoms with Gasteiger partial charge in [0.15, 0.2) is 0 Å². The maximum Gasteiger partial charge on any atom is 0.257 e. The Morgan fingerprint density at radius 1 is 1.25 bits per heavy atom. The summed E-state index contributed by atoms with van der Waals surface area (Å²) in [5, 5.41) is 3.23. The molecule has 1 fully saturated rings. The van der Waals surface area contributed by atoms with Gasteiger partial charge in [0.2, 0.25) is 0 Å². The van der Waals surface area contributed by atoms with Crippen LogP contribution in [0.25, 0.3) is 0 Å². The Hall–Kier alpha value is -2.47. The van der Waals surface area contributed by atoms with Crippen molar-refractivity contribution in [1.29, 1.82) is 0 Å². The SMILES string of the molecule is COc1ccccc1C1CNCCN1C(=O)c1cc(F)ccc1F. The number of hydrogen-bond donors (Lipinski definition) is 1. The van der Waals surface area contributed by atoms with E-state index < -0.39 is 17.5 Å². The Balaban J connectivity index is 1.98. The molecular formula is C18H18F2N2O2. The molecule has 0 aromatic heterocycles. The summed E-state index contributed by atoms with van der Waals surface area (Å²) in [6.45, 7) is 1.51. The van der Waals surface area contributed by atoms with Gasteiger partial charge in [0.1, 0.15) is 17.4 Å². The van der Waals surface area contributed by atoms with Gasteiger partial charge < -0.3 is 15.0 Å². The first-order valence-corrected chi connectivity index (χ1v) is 7.71. The average molecular weight is 332 g/mol. The second-order valence-electron chi connectivity index (χ2n) is 5.58. The normalized spacial score (nSPS) is 17.6. The lowest BCUT2D eigenvalue weighted by atomic mass is 10.0. The highest BCUT2D eigenvalue weighted by molar-refractivity contribution is 5.95. The van der Waals surface area contributed by atoms with E-state index in [-0.39, 0.29) is 11.6 Å². The molecule has 1 N–H and O–H groups in total. The van der Waals surface area contributed by atoms with Gasteiger partial charge >= 0.3 is 0 Å². The van der Waals surface area contributed by atoms with E-state index in [4.69, 9.17) is 4.74 Å². The van der Waals surface area contributed by atoms with E-state index in [1.54, 1.807) is 12.0 Å². The van der Waals surface area contributed by atoms with Crippen molar-refractivity contribution in [3.63, 3.8) is 0 Å². The fraction of sp³-hybridized carbons (Fsp3) is 0.278. The Bertz CT molecular complexity index is 752. The lowest BCUT2D eigenvalue weighted by Crippen LogP contribution is -2.49. The van der Waals surface area contributed by atoms with Crippen molar-refractivity contribution in [2.45, 2.75) is 6.04 Å². The largest absolute Gasteiger partial charge is 0.496 e. The summed E-state index contributed by atoms with van der Waals surface area (Å²) in [6.07, 6.45) is 0. The monoisotopic (exact) mass is 332 g/mol. The van der Waals surface area contributed by atoms with Crippen LogP contribution in [0.1, 0.15) is 22.0 Å². The molecule has 1 heterocycles. The summed E-state index contributed by atoms with van der Waals surface area (Å²) in [5.74, 6) is -1.23. The molecule has 0 radical (unpaired) electrons. The van der Waals surface area contributed by atoms with Crippen LogP contribution >= 0.6 is 0 Å². The third-order valence-electron chi connectivity index (χ3n) is 4.16. The second kappa shape index (κ2) is 6.97. The van der Waals surface area contributed by atoms with E-state index >= 15 is 0 Å². The number of para-hydroxylation sites is 1. The molecule has 1 atom stereocenters. The summed E-state index contributed by atoms with van der Waals surface area (Å²) >= 11 is 0. The van der Waals surface area contributed by atoms with Gasteiger partial charge in [-0.2, -0.15) is 0 Å². The highest BCUT2D eigenvalue weighted by atomic mass is 19.1. The summed E-state index contributed by atoms with van der Waals surface area (Å²) in [5.41, 5.74) is 0.578. The van der Waals surface area contributed by atoms with E-state index in [0.717, 1.165) is 23.8 Å². The van der Waals surface area contributed by atoms with Crippen LogP contribution in [0.5, 0.6) is 5.75 Å². The molecule has 2 aromatic rings. The average Bonchev–Trinajstić information content (AvgIpc) is 2.63. The van der Waals surface area contributed by atoms with Gasteiger partial charge in [-0.15, -0.1) is 0 Å². The van der Waals surface area contributed by atoms with Crippen LogP contribution in [0.4, 0.5) is 8.78 Å². The summed E-state index contributed by atoms with van der Waals surface area (Å²) < 4.78 is 32.8. The minimum absolute atomic E-state index is 0.253. The van der Waals surface area contributed by atoms with E-state index in [2.05, 4.69) is 5.32 Å². The van der Waals surface area contributed by atoms with Gasteiger partial charge in [0, 0.05) is 25.2 Å². The summed E-state index contributed by atoms with van der Waals surface area (Å²) in [6, 6.07) is 10.00. The quantitative estimate of drug-likeness (QED) is 0.940. The molecule has 1 unspecified atom stereocenters. The van der Waals surface area contributed by atoms with Gasteiger partial charge in [-0.3, -0.25) is 4.79 Å². The number of methoxy groups -OCH3 is 1. The van der Waals surface area contributed by atoms with Crippen molar-refractivity contribution in [3.05, 3.63) is 65.2 Å². The third-order valence-corrected chi connectivity index (χ3v) is 4.16. The van der Waals surface area contributed by atoms with E-state index in [1.165, 1.54) is 0 Å². The zero-order chi connectivity index (χ0) is 17.1. The number of hydrogen-bond acceptors (Lipinski definition) is 3. The number of benzene rings is 2. The number of carbonyl (C=O) groups excluding carboxylic acids is 1.